The number of urea groups is 1. The summed E-state index contributed by atoms with van der Waals surface area (Å²) in [5.41, 5.74) is -0.348. The van der Waals surface area contributed by atoms with Crippen molar-refractivity contribution in [3.8, 4) is 6.07 Å². The van der Waals surface area contributed by atoms with Crippen molar-refractivity contribution in [3.63, 3.8) is 0 Å². The van der Waals surface area contributed by atoms with E-state index in [1.165, 1.54) is 6.07 Å². The maximum Gasteiger partial charge on any atom is 0.416 e. The molecule has 1 unspecified atom stereocenters. The minimum Gasteiger partial charge on any atom is -0.367 e. The first-order valence-electron chi connectivity index (χ1n) is 6.81. The maximum absolute atomic E-state index is 12.7. The second-order valence-corrected chi connectivity index (χ2v) is 5.32. The van der Waals surface area contributed by atoms with Crippen LogP contribution in [0.3, 0.4) is 0 Å². The van der Waals surface area contributed by atoms with Gasteiger partial charge in [-0.2, -0.15) is 18.4 Å². The Morgan fingerprint density at radius 3 is 2.77 bits per heavy atom. The van der Waals surface area contributed by atoms with Crippen LogP contribution in [0.25, 0.3) is 0 Å². The van der Waals surface area contributed by atoms with Crippen molar-refractivity contribution in [2.45, 2.75) is 12.2 Å². The Bertz CT molecular complexity index is 652. The number of nitrogens with zero attached hydrogens (tertiary/aromatic N) is 3. The predicted molar refractivity (Wildman–Crippen MR) is 72.3 cm³/mol. The third-order valence-corrected chi connectivity index (χ3v) is 4.02. The summed E-state index contributed by atoms with van der Waals surface area (Å²) in [6.45, 7) is 1.99. The van der Waals surface area contributed by atoms with Crippen molar-refractivity contribution in [2.75, 3.05) is 31.1 Å². The molecule has 2 aliphatic rings. The van der Waals surface area contributed by atoms with Crippen molar-refractivity contribution in [3.05, 3.63) is 29.3 Å². The van der Waals surface area contributed by atoms with Gasteiger partial charge in [0.15, 0.2) is 0 Å². The van der Waals surface area contributed by atoms with Gasteiger partial charge in [-0.25, -0.2) is 4.79 Å². The van der Waals surface area contributed by atoms with Crippen LogP contribution < -0.4 is 10.2 Å². The van der Waals surface area contributed by atoms with E-state index < -0.39 is 11.7 Å². The molecule has 2 aliphatic heterocycles. The van der Waals surface area contributed by atoms with E-state index in [4.69, 9.17) is 5.26 Å². The molecular weight excluding hydrogens is 297 g/mol. The Labute approximate surface area is 124 Å². The number of nitrogens with one attached hydrogen (secondary N) is 1. The molecule has 3 rings (SSSR count). The van der Waals surface area contributed by atoms with Crippen molar-refractivity contribution >= 4 is 11.7 Å². The average Bonchev–Trinajstić information content (AvgIpc) is 2.86. The molecule has 8 heteroatoms. The molecule has 5 nitrogen and oxygen atoms in total. The summed E-state index contributed by atoms with van der Waals surface area (Å²) in [5.74, 6) is 0. The highest BCUT2D eigenvalue weighted by molar-refractivity contribution is 5.77. The van der Waals surface area contributed by atoms with Gasteiger partial charge in [0.1, 0.15) is 6.07 Å². The number of carbonyl (C=O) groups excluding carboxylic acids is 1. The van der Waals surface area contributed by atoms with Crippen LogP contribution in [0.1, 0.15) is 11.1 Å². The van der Waals surface area contributed by atoms with Crippen molar-refractivity contribution in [1.82, 2.24) is 10.2 Å². The minimum atomic E-state index is -4.47. The van der Waals surface area contributed by atoms with Crippen LogP contribution in [-0.4, -0.2) is 43.2 Å². The van der Waals surface area contributed by atoms with Crippen molar-refractivity contribution < 1.29 is 18.0 Å². The molecule has 1 aromatic rings. The van der Waals surface area contributed by atoms with Crippen LogP contribution in [0.4, 0.5) is 23.7 Å². The van der Waals surface area contributed by atoms with Crippen molar-refractivity contribution in [2.24, 2.45) is 0 Å². The zero-order valence-corrected chi connectivity index (χ0v) is 11.5. The number of carbonyl (C=O) groups is 1. The Balaban J connectivity index is 1.86. The first-order chi connectivity index (χ1) is 10.4. The molecule has 2 heterocycles. The van der Waals surface area contributed by atoms with Crippen LogP contribution >= 0.6 is 0 Å². The normalized spacial score (nSPS) is 21.4. The third kappa shape index (κ3) is 2.43. The number of alkyl halides is 3. The van der Waals surface area contributed by atoms with Gasteiger partial charge in [-0.3, -0.25) is 0 Å². The van der Waals surface area contributed by atoms with E-state index in [-0.39, 0.29) is 17.6 Å². The van der Waals surface area contributed by atoms with Crippen LogP contribution in [0.15, 0.2) is 18.2 Å². The van der Waals surface area contributed by atoms with Crippen molar-refractivity contribution in [1.29, 1.82) is 5.26 Å². The average molecular weight is 310 g/mol. The van der Waals surface area contributed by atoms with Crippen LogP contribution in [0.5, 0.6) is 0 Å². The summed E-state index contributed by atoms with van der Waals surface area (Å²) in [6.07, 6.45) is -4.47. The van der Waals surface area contributed by atoms with E-state index in [2.05, 4.69) is 5.32 Å². The summed E-state index contributed by atoms with van der Waals surface area (Å²) in [7, 11) is 0. The molecule has 2 amide bonds. The summed E-state index contributed by atoms with van der Waals surface area (Å²) in [6, 6.07) is 4.90. The number of hydrogen-bond acceptors (Lipinski definition) is 3. The quantitative estimate of drug-likeness (QED) is 0.860. The Kier molecular flexibility index (Phi) is 3.35. The molecule has 22 heavy (non-hydrogen) atoms. The molecule has 1 aromatic carbocycles. The largest absolute Gasteiger partial charge is 0.416 e. The number of amides is 2. The molecule has 0 saturated carbocycles. The van der Waals surface area contributed by atoms with E-state index in [9.17, 15) is 18.0 Å². The standard InChI is InChI=1S/C14H13F3N4O/c15-14(16,17)10-1-2-12(9(5-10)6-18)20-3-4-21-11(8-20)7-19-13(21)22/h1-2,5,11H,3-4,7-8H2,(H,19,22). The summed E-state index contributed by atoms with van der Waals surface area (Å²) in [4.78, 5) is 15.1. The molecule has 1 atom stereocenters. The fourth-order valence-corrected chi connectivity index (χ4v) is 2.90. The highest BCUT2D eigenvalue weighted by Crippen LogP contribution is 2.33. The highest BCUT2D eigenvalue weighted by Gasteiger charge is 2.36. The third-order valence-electron chi connectivity index (χ3n) is 4.02. The minimum absolute atomic E-state index is 0.000516. The molecule has 2 saturated heterocycles. The van der Waals surface area contributed by atoms with Gasteiger partial charge in [0.25, 0.3) is 0 Å². The SMILES string of the molecule is N#Cc1cc(C(F)(F)F)ccc1N1CCN2C(=O)NCC2C1. The molecule has 2 fully saturated rings. The number of nitriles is 1. The lowest BCUT2D eigenvalue weighted by Gasteiger charge is -2.38. The summed E-state index contributed by atoms with van der Waals surface area (Å²) < 4.78 is 38.2. The molecule has 1 N–H and O–H groups in total. The lowest BCUT2D eigenvalue weighted by atomic mass is 10.1. The molecule has 116 valence electrons. The molecular formula is C14H13F3N4O. The predicted octanol–water partition coefficient (Wildman–Crippen LogP) is 1.79. The van der Waals surface area contributed by atoms with Gasteiger partial charge < -0.3 is 15.1 Å². The fourth-order valence-electron chi connectivity index (χ4n) is 2.90. The van der Waals surface area contributed by atoms with E-state index in [1.54, 1.807) is 4.90 Å². The number of halogens is 3. The number of piperazine rings is 1. The van der Waals surface area contributed by atoms with Gasteiger partial charge in [0.05, 0.1) is 22.9 Å². The highest BCUT2D eigenvalue weighted by atomic mass is 19.4. The second-order valence-electron chi connectivity index (χ2n) is 5.32. The summed E-state index contributed by atoms with van der Waals surface area (Å²) >= 11 is 0. The number of benzene rings is 1. The monoisotopic (exact) mass is 310 g/mol. The second kappa shape index (κ2) is 5.09. The number of anilines is 1. The molecule has 0 spiro atoms. The fraction of sp³-hybridized carbons (Fsp3) is 0.429. The first-order valence-corrected chi connectivity index (χ1v) is 6.81. The van der Waals surface area contributed by atoms with Crippen LogP contribution in [0.2, 0.25) is 0 Å². The van der Waals surface area contributed by atoms with Gasteiger partial charge in [-0.15, -0.1) is 0 Å². The zero-order chi connectivity index (χ0) is 15.9. The maximum atomic E-state index is 12.7. The van der Waals surface area contributed by atoms with Gasteiger partial charge in [0.2, 0.25) is 0 Å². The lowest BCUT2D eigenvalue weighted by Crippen LogP contribution is -2.52. The number of rotatable bonds is 1. The van der Waals surface area contributed by atoms with E-state index >= 15 is 0 Å². The Hall–Kier alpha value is -2.43. The van der Waals surface area contributed by atoms with E-state index in [0.29, 0.717) is 31.9 Å². The molecule has 0 bridgehead atoms. The molecule has 0 aromatic heterocycles. The summed E-state index contributed by atoms with van der Waals surface area (Å²) in [5, 5.41) is 11.9. The van der Waals surface area contributed by atoms with Gasteiger partial charge >= 0.3 is 12.2 Å². The molecule has 0 radical (unpaired) electrons. The zero-order valence-electron chi connectivity index (χ0n) is 11.5. The number of fused-ring (bicyclic) bond motifs is 1. The van der Waals surface area contributed by atoms with E-state index in [0.717, 1.165) is 12.1 Å². The lowest BCUT2D eigenvalue weighted by molar-refractivity contribution is -0.137. The van der Waals surface area contributed by atoms with Gasteiger partial charge in [-0.05, 0) is 18.2 Å². The Morgan fingerprint density at radius 2 is 2.09 bits per heavy atom. The van der Waals surface area contributed by atoms with Crippen LogP contribution in [-0.2, 0) is 6.18 Å². The smallest absolute Gasteiger partial charge is 0.367 e. The van der Waals surface area contributed by atoms with Gasteiger partial charge in [-0.1, -0.05) is 0 Å². The number of hydrogen-bond donors (Lipinski definition) is 1. The Morgan fingerprint density at radius 1 is 1.32 bits per heavy atom. The van der Waals surface area contributed by atoms with E-state index in [1.807, 2.05) is 11.0 Å². The molecule has 0 aliphatic carbocycles. The first kappa shape index (κ1) is 14.5. The van der Waals surface area contributed by atoms with Gasteiger partial charge in [0, 0.05) is 26.2 Å². The van der Waals surface area contributed by atoms with Crippen LogP contribution in [0, 0.1) is 11.3 Å². The topological polar surface area (TPSA) is 59.4 Å².